The van der Waals surface area contributed by atoms with E-state index in [1.54, 1.807) is 18.2 Å². The van der Waals surface area contributed by atoms with Crippen LogP contribution in [0.4, 0.5) is 0 Å². The number of hydrogen-bond acceptors (Lipinski definition) is 3. The second kappa shape index (κ2) is 5.22. The number of hydrogen-bond donors (Lipinski definition) is 1. The van der Waals surface area contributed by atoms with Gasteiger partial charge in [-0.1, -0.05) is 25.1 Å². The summed E-state index contributed by atoms with van der Waals surface area (Å²) in [6.07, 6.45) is 0.669. The molecule has 5 nitrogen and oxygen atoms in total. The lowest BCUT2D eigenvalue weighted by Crippen LogP contribution is -2.42. The number of carbonyl (C=O) groups excluding carboxylic acids is 2. The normalized spacial score (nSPS) is 16.8. The lowest BCUT2D eigenvalue weighted by atomic mass is 9.97. The monoisotopic (exact) mass is 261 g/mol. The van der Waals surface area contributed by atoms with Crippen molar-refractivity contribution in [3.8, 4) is 0 Å². The van der Waals surface area contributed by atoms with Crippen molar-refractivity contribution in [2.75, 3.05) is 0 Å². The molecule has 1 saturated heterocycles. The highest BCUT2D eigenvalue weighted by molar-refractivity contribution is 5.98. The Morgan fingerprint density at radius 3 is 2.42 bits per heavy atom. The molecular weight excluding hydrogens is 246 g/mol. The molecule has 100 valence electrons. The van der Waals surface area contributed by atoms with E-state index in [1.807, 2.05) is 6.92 Å². The summed E-state index contributed by atoms with van der Waals surface area (Å²) in [6.45, 7) is 1.89. The molecule has 0 radical (unpaired) electrons. The van der Waals surface area contributed by atoms with E-state index in [0.717, 1.165) is 4.90 Å². The third-order valence-corrected chi connectivity index (χ3v) is 3.22. The number of benzene rings is 1. The maximum atomic E-state index is 11.9. The van der Waals surface area contributed by atoms with Crippen LogP contribution in [0.1, 0.15) is 35.7 Å². The molecule has 2 rings (SSSR count). The Hall–Kier alpha value is -2.17. The van der Waals surface area contributed by atoms with E-state index in [0.29, 0.717) is 18.4 Å². The summed E-state index contributed by atoms with van der Waals surface area (Å²) < 4.78 is 0. The first kappa shape index (κ1) is 13.3. The van der Waals surface area contributed by atoms with Crippen molar-refractivity contribution >= 4 is 17.8 Å². The zero-order valence-corrected chi connectivity index (χ0v) is 10.6. The van der Waals surface area contributed by atoms with Gasteiger partial charge in [0.1, 0.15) is 0 Å². The van der Waals surface area contributed by atoms with E-state index in [4.69, 9.17) is 5.11 Å². The Morgan fingerprint density at radius 2 is 1.84 bits per heavy atom. The SMILES string of the molecule is CC1CC(=O)N(Cc2ccccc2C(=O)O)C(=O)C1. The molecule has 1 fully saturated rings. The van der Waals surface area contributed by atoms with Crippen LogP contribution >= 0.6 is 0 Å². The first-order valence-corrected chi connectivity index (χ1v) is 6.13. The topological polar surface area (TPSA) is 74.7 Å². The van der Waals surface area contributed by atoms with Crippen LogP contribution in [0.2, 0.25) is 0 Å². The number of rotatable bonds is 3. The molecule has 1 aliphatic rings. The predicted octanol–water partition coefficient (Wildman–Crippen LogP) is 1.67. The summed E-state index contributed by atoms with van der Waals surface area (Å²) >= 11 is 0. The molecule has 1 N–H and O–H groups in total. The van der Waals surface area contributed by atoms with Crippen LogP contribution in [-0.2, 0) is 16.1 Å². The highest BCUT2D eigenvalue weighted by atomic mass is 16.4. The molecule has 5 heteroatoms. The van der Waals surface area contributed by atoms with Gasteiger partial charge in [0, 0.05) is 12.8 Å². The number of carboxylic acid groups (broad SMARTS) is 1. The maximum absolute atomic E-state index is 11.9. The van der Waals surface area contributed by atoms with Gasteiger partial charge < -0.3 is 5.11 Å². The number of aromatic carboxylic acids is 1. The van der Waals surface area contributed by atoms with E-state index in [9.17, 15) is 14.4 Å². The lowest BCUT2D eigenvalue weighted by Gasteiger charge is -2.28. The first-order valence-electron chi connectivity index (χ1n) is 6.13. The van der Waals surface area contributed by atoms with Crippen LogP contribution in [0, 0.1) is 5.92 Å². The molecule has 1 aromatic rings. The van der Waals surface area contributed by atoms with Gasteiger partial charge >= 0.3 is 5.97 Å². The third kappa shape index (κ3) is 2.81. The standard InChI is InChI=1S/C14H15NO4/c1-9-6-12(16)15(13(17)7-9)8-10-4-2-3-5-11(10)14(18)19/h2-5,9H,6-8H2,1H3,(H,18,19). The minimum atomic E-state index is -1.05. The lowest BCUT2D eigenvalue weighted by molar-refractivity contribution is -0.150. The largest absolute Gasteiger partial charge is 0.478 e. The summed E-state index contributed by atoms with van der Waals surface area (Å²) in [6, 6.07) is 6.42. The fourth-order valence-corrected chi connectivity index (χ4v) is 2.24. The number of imide groups is 1. The molecule has 1 heterocycles. The van der Waals surface area contributed by atoms with Gasteiger partial charge in [0.15, 0.2) is 0 Å². The Bertz CT molecular complexity index is 520. The van der Waals surface area contributed by atoms with Gasteiger partial charge in [-0.3, -0.25) is 14.5 Å². The number of likely N-dealkylation sites (tertiary alicyclic amines) is 1. The van der Waals surface area contributed by atoms with E-state index in [2.05, 4.69) is 0 Å². The average Bonchev–Trinajstić information content (AvgIpc) is 2.34. The van der Waals surface area contributed by atoms with Crippen LogP contribution in [0.15, 0.2) is 24.3 Å². The van der Waals surface area contributed by atoms with Crippen LogP contribution in [0.5, 0.6) is 0 Å². The molecule has 0 aliphatic carbocycles. The Kier molecular flexibility index (Phi) is 3.64. The summed E-state index contributed by atoms with van der Waals surface area (Å²) in [5.41, 5.74) is 0.605. The van der Waals surface area contributed by atoms with Gasteiger partial charge in [-0.15, -0.1) is 0 Å². The van der Waals surface area contributed by atoms with Gasteiger partial charge in [-0.25, -0.2) is 4.79 Å². The van der Waals surface area contributed by atoms with E-state index in [-0.39, 0.29) is 29.8 Å². The van der Waals surface area contributed by atoms with Gasteiger partial charge in [-0.2, -0.15) is 0 Å². The quantitative estimate of drug-likeness (QED) is 0.840. The minimum absolute atomic E-state index is 0.0346. The smallest absolute Gasteiger partial charge is 0.336 e. The van der Waals surface area contributed by atoms with Crippen LogP contribution in [0.25, 0.3) is 0 Å². The molecule has 0 saturated carbocycles. The third-order valence-electron chi connectivity index (χ3n) is 3.22. The van der Waals surface area contributed by atoms with Crippen molar-refractivity contribution in [2.24, 2.45) is 5.92 Å². The average molecular weight is 261 g/mol. The number of carbonyl (C=O) groups is 3. The van der Waals surface area contributed by atoms with Gasteiger partial charge in [0.05, 0.1) is 12.1 Å². The second-order valence-corrected chi connectivity index (χ2v) is 4.85. The zero-order valence-electron chi connectivity index (χ0n) is 10.6. The highest BCUT2D eigenvalue weighted by Crippen LogP contribution is 2.22. The first-order chi connectivity index (χ1) is 8.99. The summed E-state index contributed by atoms with van der Waals surface area (Å²) in [7, 11) is 0. The van der Waals surface area contributed by atoms with Gasteiger partial charge in [0.2, 0.25) is 11.8 Å². The number of piperidine rings is 1. The Labute approximate surface area is 110 Å². The van der Waals surface area contributed by atoms with Crippen molar-refractivity contribution < 1.29 is 19.5 Å². The molecule has 0 atom stereocenters. The molecule has 0 aromatic heterocycles. The zero-order chi connectivity index (χ0) is 14.0. The van der Waals surface area contributed by atoms with Gasteiger partial charge in [0.25, 0.3) is 0 Å². The molecule has 0 unspecified atom stereocenters. The number of nitrogens with zero attached hydrogens (tertiary/aromatic N) is 1. The fourth-order valence-electron chi connectivity index (χ4n) is 2.24. The van der Waals surface area contributed by atoms with Crippen LogP contribution in [-0.4, -0.2) is 27.8 Å². The number of carboxylic acids is 1. The minimum Gasteiger partial charge on any atom is -0.478 e. The summed E-state index contributed by atoms with van der Waals surface area (Å²) in [5, 5.41) is 9.08. The van der Waals surface area contributed by atoms with Crippen molar-refractivity contribution in [1.82, 2.24) is 4.90 Å². The maximum Gasteiger partial charge on any atom is 0.336 e. The summed E-state index contributed by atoms with van der Waals surface area (Å²) in [5.74, 6) is -1.46. The van der Waals surface area contributed by atoms with Crippen molar-refractivity contribution in [3.63, 3.8) is 0 Å². The second-order valence-electron chi connectivity index (χ2n) is 4.85. The molecule has 19 heavy (non-hydrogen) atoms. The van der Waals surface area contributed by atoms with Crippen LogP contribution in [0.3, 0.4) is 0 Å². The molecule has 0 bridgehead atoms. The van der Waals surface area contributed by atoms with E-state index >= 15 is 0 Å². The predicted molar refractivity (Wildman–Crippen MR) is 67.4 cm³/mol. The molecule has 0 spiro atoms. The van der Waals surface area contributed by atoms with Crippen molar-refractivity contribution in [1.29, 1.82) is 0 Å². The van der Waals surface area contributed by atoms with E-state index in [1.165, 1.54) is 6.07 Å². The molecule has 1 aliphatic heterocycles. The van der Waals surface area contributed by atoms with Gasteiger partial charge in [-0.05, 0) is 17.5 Å². The van der Waals surface area contributed by atoms with Crippen molar-refractivity contribution in [3.05, 3.63) is 35.4 Å². The van der Waals surface area contributed by atoms with E-state index < -0.39 is 5.97 Å². The Morgan fingerprint density at radius 1 is 1.26 bits per heavy atom. The highest BCUT2D eigenvalue weighted by Gasteiger charge is 2.30. The number of amides is 2. The molecular formula is C14H15NO4. The Balaban J connectivity index is 2.24. The van der Waals surface area contributed by atoms with Crippen LogP contribution < -0.4 is 0 Å². The molecule has 1 aromatic carbocycles. The summed E-state index contributed by atoms with van der Waals surface area (Å²) in [4.78, 5) is 36.0. The fraction of sp³-hybridized carbons (Fsp3) is 0.357. The van der Waals surface area contributed by atoms with Crippen molar-refractivity contribution in [2.45, 2.75) is 26.3 Å². The molecule has 2 amide bonds.